The Bertz CT molecular complexity index is 871. The molecule has 0 aliphatic carbocycles. The van der Waals surface area contributed by atoms with Gasteiger partial charge in [-0.2, -0.15) is 13.2 Å². The number of aliphatic imine (C=N–C) groups is 1. The van der Waals surface area contributed by atoms with Gasteiger partial charge in [-0.05, 0) is 37.1 Å². The van der Waals surface area contributed by atoms with Crippen LogP contribution in [0.25, 0.3) is 0 Å². The molecule has 2 aromatic rings. The van der Waals surface area contributed by atoms with Crippen LogP contribution < -0.4 is 20.9 Å². The summed E-state index contributed by atoms with van der Waals surface area (Å²) >= 11 is 0. The van der Waals surface area contributed by atoms with E-state index in [0.717, 1.165) is 18.7 Å². The van der Waals surface area contributed by atoms with Crippen LogP contribution in [0.4, 0.5) is 29.2 Å². The number of halogens is 4. The average Bonchev–Trinajstić information content (AvgIpc) is 3.21. The Kier molecular flexibility index (Phi) is 7.48. The molecule has 0 aromatic carbocycles. The van der Waals surface area contributed by atoms with E-state index in [1.165, 1.54) is 12.1 Å². The highest BCUT2D eigenvalue weighted by Gasteiger charge is 2.30. The minimum absolute atomic E-state index is 0.113. The second-order valence-corrected chi connectivity index (χ2v) is 7.09. The molecule has 7 nitrogen and oxygen atoms in total. The standard InChI is InChI=1S/C20H25F4N7/c1-25-19(30-15-7-11-31(13-15)18-16(21)4-2-8-27-18)28-10-3-9-26-17-6-5-14(12-29-17)20(22,23)24/h2,4-6,8,12,15H,3,7,9-11,13H2,1H3,(H,26,29)(H2,25,28,30). The molecular weight excluding hydrogens is 414 g/mol. The molecule has 0 spiro atoms. The van der Waals surface area contributed by atoms with Crippen molar-refractivity contribution in [2.24, 2.45) is 4.99 Å². The lowest BCUT2D eigenvalue weighted by molar-refractivity contribution is -0.137. The quantitative estimate of drug-likeness (QED) is 0.267. The van der Waals surface area contributed by atoms with Gasteiger partial charge in [0.1, 0.15) is 5.82 Å². The number of rotatable bonds is 7. The number of nitrogens with one attached hydrogen (secondary N) is 3. The number of guanidine groups is 1. The monoisotopic (exact) mass is 439 g/mol. The van der Waals surface area contributed by atoms with E-state index in [1.807, 2.05) is 4.90 Å². The second-order valence-electron chi connectivity index (χ2n) is 7.09. The maximum absolute atomic E-state index is 13.9. The second kappa shape index (κ2) is 10.3. The van der Waals surface area contributed by atoms with Crippen molar-refractivity contribution >= 4 is 17.6 Å². The first-order valence-corrected chi connectivity index (χ1v) is 9.96. The topological polar surface area (TPSA) is 77.5 Å². The van der Waals surface area contributed by atoms with Gasteiger partial charge in [0.15, 0.2) is 17.6 Å². The first-order chi connectivity index (χ1) is 14.9. The Labute approximate surface area is 178 Å². The van der Waals surface area contributed by atoms with Crippen LogP contribution in [-0.2, 0) is 6.18 Å². The zero-order valence-electron chi connectivity index (χ0n) is 17.1. The highest BCUT2D eigenvalue weighted by molar-refractivity contribution is 5.80. The summed E-state index contributed by atoms with van der Waals surface area (Å²) in [6, 6.07) is 5.40. The van der Waals surface area contributed by atoms with Gasteiger partial charge in [0.25, 0.3) is 0 Å². The third kappa shape index (κ3) is 6.43. The number of hydrogen-bond donors (Lipinski definition) is 3. The Morgan fingerprint density at radius 3 is 2.74 bits per heavy atom. The first kappa shape index (κ1) is 22.6. The third-order valence-electron chi connectivity index (χ3n) is 4.83. The van der Waals surface area contributed by atoms with Gasteiger partial charge in [-0.25, -0.2) is 14.4 Å². The molecule has 168 valence electrons. The fourth-order valence-electron chi connectivity index (χ4n) is 3.25. The van der Waals surface area contributed by atoms with E-state index in [1.54, 1.807) is 19.3 Å². The molecule has 1 aliphatic heterocycles. The van der Waals surface area contributed by atoms with Gasteiger partial charge in [-0.15, -0.1) is 0 Å². The maximum Gasteiger partial charge on any atom is 0.417 e. The van der Waals surface area contributed by atoms with Crippen molar-refractivity contribution in [3.8, 4) is 0 Å². The number of pyridine rings is 2. The normalized spacial score (nSPS) is 17.0. The molecule has 3 rings (SSSR count). The van der Waals surface area contributed by atoms with E-state index >= 15 is 0 Å². The zero-order valence-corrected chi connectivity index (χ0v) is 17.1. The van der Waals surface area contributed by atoms with Crippen LogP contribution in [0.2, 0.25) is 0 Å². The average molecular weight is 439 g/mol. The van der Waals surface area contributed by atoms with Gasteiger partial charge < -0.3 is 20.9 Å². The molecule has 1 saturated heterocycles. The highest BCUT2D eigenvalue weighted by Crippen LogP contribution is 2.28. The van der Waals surface area contributed by atoms with Crippen LogP contribution in [0.5, 0.6) is 0 Å². The van der Waals surface area contributed by atoms with Crippen LogP contribution in [-0.4, -0.2) is 55.2 Å². The fourth-order valence-corrected chi connectivity index (χ4v) is 3.25. The highest BCUT2D eigenvalue weighted by atomic mass is 19.4. The molecule has 1 fully saturated rings. The molecule has 1 aliphatic rings. The predicted molar refractivity (Wildman–Crippen MR) is 112 cm³/mol. The zero-order chi connectivity index (χ0) is 22.3. The summed E-state index contributed by atoms with van der Waals surface area (Å²) in [5.74, 6) is 1.06. The molecule has 3 N–H and O–H groups in total. The summed E-state index contributed by atoms with van der Waals surface area (Å²) < 4.78 is 51.5. The van der Waals surface area contributed by atoms with Crippen molar-refractivity contribution in [2.75, 3.05) is 43.4 Å². The van der Waals surface area contributed by atoms with Crippen molar-refractivity contribution in [3.05, 3.63) is 48.0 Å². The number of anilines is 2. The largest absolute Gasteiger partial charge is 0.417 e. The smallest absolute Gasteiger partial charge is 0.370 e. The summed E-state index contributed by atoms with van der Waals surface area (Å²) in [7, 11) is 1.67. The lowest BCUT2D eigenvalue weighted by atomic mass is 10.3. The van der Waals surface area contributed by atoms with E-state index < -0.39 is 11.7 Å². The third-order valence-corrected chi connectivity index (χ3v) is 4.83. The molecule has 3 heterocycles. The van der Waals surface area contributed by atoms with Gasteiger partial charge in [0.2, 0.25) is 0 Å². The fraction of sp³-hybridized carbons (Fsp3) is 0.450. The minimum Gasteiger partial charge on any atom is -0.370 e. The molecule has 0 amide bonds. The van der Waals surface area contributed by atoms with Crippen LogP contribution >= 0.6 is 0 Å². The summed E-state index contributed by atoms with van der Waals surface area (Å²) in [6.45, 7) is 2.47. The van der Waals surface area contributed by atoms with E-state index in [2.05, 4.69) is 30.9 Å². The molecule has 1 atom stereocenters. The SMILES string of the molecule is CN=C(NCCCNc1ccc(C(F)(F)F)cn1)NC1CCN(c2ncccc2F)C1. The van der Waals surface area contributed by atoms with Crippen molar-refractivity contribution in [2.45, 2.75) is 25.1 Å². The van der Waals surface area contributed by atoms with Crippen molar-refractivity contribution < 1.29 is 17.6 Å². The maximum atomic E-state index is 13.9. The lowest BCUT2D eigenvalue weighted by Gasteiger charge is -2.20. The minimum atomic E-state index is -4.39. The predicted octanol–water partition coefficient (Wildman–Crippen LogP) is 2.88. The lowest BCUT2D eigenvalue weighted by Crippen LogP contribution is -2.45. The number of aromatic nitrogens is 2. The van der Waals surface area contributed by atoms with Gasteiger partial charge in [-0.3, -0.25) is 4.99 Å². The molecule has 0 bridgehead atoms. The van der Waals surface area contributed by atoms with E-state index in [4.69, 9.17) is 0 Å². The van der Waals surface area contributed by atoms with Crippen molar-refractivity contribution in [1.29, 1.82) is 0 Å². The Hall–Kier alpha value is -3.11. The summed E-state index contributed by atoms with van der Waals surface area (Å²) in [6.07, 6.45) is -0.459. The van der Waals surface area contributed by atoms with Crippen molar-refractivity contribution in [3.63, 3.8) is 0 Å². The van der Waals surface area contributed by atoms with Crippen LogP contribution in [0.15, 0.2) is 41.7 Å². The van der Waals surface area contributed by atoms with Gasteiger partial charge in [-0.1, -0.05) is 0 Å². The van der Waals surface area contributed by atoms with Gasteiger partial charge in [0.05, 0.1) is 5.56 Å². The van der Waals surface area contributed by atoms with Crippen molar-refractivity contribution in [1.82, 2.24) is 20.6 Å². The summed E-state index contributed by atoms with van der Waals surface area (Å²) in [5, 5.41) is 9.51. The molecule has 1 unspecified atom stereocenters. The molecule has 11 heteroatoms. The van der Waals surface area contributed by atoms with Crippen LogP contribution in [0, 0.1) is 5.82 Å². The van der Waals surface area contributed by atoms with E-state index in [0.29, 0.717) is 50.2 Å². The molecular formula is C20H25F4N7. The first-order valence-electron chi connectivity index (χ1n) is 9.96. The molecule has 0 radical (unpaired) electrons. The molecule has 2 aromatic heterocycles. The van der Waals surface area contributed by atoms with Gasteiger partial charge >= 0.3 is 6.18 Å². The number of hydrogen-bond acceptors (Lipinski definition) is 5. The van der Waals surface area contributed by atoms with Crippen LogP contribution in [0.1, 0.15) is 18.4 Å². The number of nitrogens with zero attached hydrogens (tertiary/aromatic N) is 4. The Morgan fingerprint density at radius 1 is 1.23 bits per heavy atom. The van der Waals surface area contributed by atoms with Gasteiger partial charge in [0, 0.05) is 51.7 Å². The van der Waals surface area contributed by atoms with E-state index in [9.17, 15) is 17.6 Å². The number of alkyl halides is 3. The molecule has 31 heavy (non-hydrogen) atoms. The summed E-state index contributed by atoms with van der Waals surface area (Å²) in [4.78, 5) is 14.0. The van der Waals surface area contributed by atoms with Crippen LogP contribution in [0.3, 0.4) is 0 Å². The Morgan fingerprint density at radius 2 is 2.06 bits per heavy atom. The van der Waals surface area contributed by atoms with E-state index in [-0.39, 0.29) is 11.9 Å². The summed E-state index contributed by atoms with van der Waals surface area (Å²) in [5.41, 5.74) is -0.772. The molecule has 0 saturated carbocycles. The Balaban J connectivity index is 1.36.